The van der Waals surface area contributed by atoms with Gasteiger partial charge in [-0.2, -0.15) is 4.98 Å². The van der Waals surface area contributed by atoms with E-state index in [-0.39, 0.29) is 11.7 Å². The molecule has 0 spiro atoms. The average Bonchev–Trinajstić information content (AvgIpc) is 2.66. The number of nitrogens with one attached hydrogen (secondary N) is 2. The Kier molecular flexibility index (Phi) is 5.96. The lowest BCUT2D eigenvalue weighted by Gasteiger charge is -2.28. The SMILES string of the molecule is Cc1cc(N2CCOCC2)nc(NCCNC(=O)c2ccc(F)cc2)n1. The molecule has 3 rings (SSSR count). The Morgan fingerprint density at radius 1 is 1.19 bits per heavy atom. The van der Waals surface area contributed by atoms with Gasteiger partial charge < -0.3 is 20.3 Å². The lowest BCUT2D eigenvalue weighted by molar-refractivity contribution is 0.0955. The quantitative estimate of drug-likeness (QED) is 0.763. The van der Waals surface area contributed by atoms with Crippen molar-refractivity contribution in [2.45, 2.75) is 6.92 Å². The first-order valence-electron chi connectivity index (χ1n) is 8.58. The second-order valence-corrected chi connectivity index (χ2v) is 5.98. The van der Waals surface area contributed by atoms with Crippen LogP contribution < -0.4 is 15.5 Å². The van der Waals surface area contributed by atoms with Crippen LogP contribution in [0.3, 0.4) is 0 Å². The Labute approximate surface area is 151 Å². The van der Waals surface area contributed by atoms with Crippen molar-refractivity contribution < 1.29 is 13.9 Å². The second kappa shape index (κ2) is 8.57. The highest BCUT2D eigenvalue weighted by atomic mass is 19.1. The second-order valence-electron chi connectivity index (χ2n) is 5.98. The molecule has 26 heavy (non-hydrogen) atoms. The number of benzene rings is 1. The Morgan fingerprint density at radius 2 is 1.92 bits per heavy atom. The highest BCUT2D eigenvalue weighted by Crippen LogP contribution is 2.16. The van der Waals surface area contributed by atoms with Crippen LogP contribution in [-0.4, -0.2) is 55.3 Å². The predicted octanol–water partition coefficient (Wildman–Crippen LogP) is 1.60. The summed E-state index contributed by atoms with van der Waals surface area (Å²) in [5, 5.41) is 5.90. The van der Waals surface area contributed by atoms with Gasteiger partial charge in [0.25, 0.3) is 5.91 Å². The van der Waals surface area contributed by atoms with Gasteiger partial charge in [0.1, 0.15) is 11.6 Å². The monoisotopic (exact) mass is 359 g/mol. The largest absolute Gasteiger partial charge is 0.378 e. The molecule has 0 bridgehead atoms. The van der Waals surface area contributed by atoms with E-state index < -0.39 is 0 Å². The average molecular weight is 359 g/mol. The lowest BCUT2D eigenvalue weighted by Crippen LogP contribution is -2.37. The molecule has 1 fully saturated rings. The van der Waals surface area contributed by atoms with Crippen LogP contribution in [0.1, 0.15) is 16.1 Å². The van der Waals surface area contributed by atoms with Crippen molar-refractivity contribution in [2.75, 3.05) is 49.6 Å². The Morgan fingerprint density at radius 3 is 2.65 bits per heavy atom. The number of hydrogen-bond acceptors (Lipinski definition) is 6. The topological polar surface area (TPSA) is 79.4 Å². The third kappa shape index (κ3) is 4.89. The normalized spacial score (nSPS) is 14.2. The van der Waals surface area contributed by atoms with Crippen LogP contribution in [0.2, 0.25) is 0 Å². The number of morpholine rings is 1. The predicted molar refractivity (Wildman–Crippen MR) is 97.0 cm³/mol. The van der Waals surface area contributed by atoms with Crippen molar-refractivity contribution in [1.29, 1.82) is 0 Å². The maximum absolute atomic E-state index is 12.9. The van der Waals surface area contributed by atoms with E-state index in [1.54, 1.807) is 0 Å². The fraction of sp³-hybridized carbons (Fsp3) is 0.389. The molecule has 1 aliphatic rings. The molecular formula is C18H22FN5O2. The van der Waals surface area contributed by atoms with E-state index in [4.69, 9.17) is 4.74 Å². The molecule has 138 valence electrons. The molecule has 0 atom stereocenters. The van der Waals surface area contributed by atoms with E-state index >= 15 is 0 Å². The summed E-state index contributed by atoms with van der Waals surface area (Å²) < 4.78 is 18.2. The molecule has 2 aromatic rings. The minimum Gasteiger partial charge on any atom is -0.378 e. The Bertz CT molecular complexity index is 748. The van der Waals surface area contributed by atoms with Crippen molar-refractivity contribution in [1.82, 2.24) is 15.3 Å². The first-order chi connectivity index (χ1) is 12.6. The zero-order valence-corrected chi connectivity index (χ0v) is 14.7. The molecule has 0 radical (unpaired) electrons. The third-order valence-corrected chi connectivity index (χ3v) is 3.98. The smallest absolute Gasteiger partial charge is 0.251 e. The van der Waals surface area contributed by atoms with Gasteiger partial charge >= 0.3 is 0 Å². The number of amides is 1. The Hall–Kier alpha value is -2.74. The van der Waals surface area contributed by atoms with Crippen LogP contribution in [0.15, 0.2) is 30.3 Å². The van der Waals surface area contributed by atoms with Crippen molar-refractivity contribution in [3.05, 3.63) is 47.4 Å². The molecule has 1 saturated heterocycles. The molecule has 8 heteroatoms. The van der Waals surface area contributed by atoms with Crippen LogP contribution in [0.4, 0.5) is 16.2 Å². The maximum Gasteiger partial charge on any atom is 0.251 e. The Balaban J connectivity index is 1.50. The zero-order chi connectivity index (χ0) is 18.4. The number of hydrogen-bond donors (Lipinski definition) is 2. The first kappa shape index (κ1) is 18.1. The molecule has 0 saturated carbocycles. The van der Waals surface area contributed by atoms with Crippen molar-refractivity contribution in [2.24, 2.45) is 0 Å². The van der Waals surface area contributed by atoms with Gasteiger partial charge in [0, 0.05) is 43.5 Å². The summed E-state index contributed by atoms with van der Waals surface area (Å²) in [6.45, 7) is 5.82. The van der Waals surface area contributed by atoms with Gasteiger partial charge in [-0.3, -0.25) is 4.79 Å². The number of nitrogens with zero attached hydrogens (tertiary/aromatic N) is 3. The van der Waals surface area contributed by atoms with Gasteiger partial charge in [-0.05, 0) is 31.2 Å². The summed E-state index contributed by atoms with van der Waals surface area (Å²) in [6, 6.07) is 7.39. The first-order valence-corrected chi connectivity index (χ1v) is 8.58. The van der Waals surface area contributed by atoms with E-state index in [0.717, 1.165) is 24.6 Å². The molecule has 1 aliphatic heterocycles. The number of carbonyl (C=O) groups excluding carboxylic acids is 1. The van der Waals surface area contributed by atoms with Gasteiger partial charge in [0.15, 0.2) is 0 Å². The van der Waals surface area contributed by atoms with Crippen LogP contribution in [0, 0.1) is 12.7 Å². The lowest BCUT2D eigenvalue weighted by atomic mass is 10.2. The minimum absolute atomic E-state index is 0.244. The number of aryl methyl sites for hydroxylation is 1. The molecule has 2 heterocycles. The molecule has 2 N–H and O–H groups in total. The minimum atomic E-state index is -0.365. The van der Waals surface area contributed by atoms with Gasteiger partial charge in [-0.25, -0.2) is 9.37 Å². The number of ether oxygens (including phenoxy) is 1. The fourth-order valence-electron chi connectivity index (χ4n) is 2.64. The van der Waals surface area contributed by atoms with Crippen LogP contribution in [0.25, 0.3) is 0 Å². The molecule has 1 amide bonds. The summed E-state index contributed by atoms with van der Waals surface area (Å²) >= 11 is 0. The summed E-state index contributed by atoms with van der Waals surface area (Å²) in [6.07, 6.45) is 0. The molecular weight excluding hydrogens is 337 g/mol. The van der Waals surface area contributed by atoms with Crippen molar-refractivity contribution in [3.63, 3.8) is 0 Å². The molecule has 0 aliphatic carbocycles. The highest BCUT2D eigenvalue weighted by molar-refractivity contribution is 5.94. The highest BCUT2D eigenvalue weighted by Gasteiger charge is 2.14. The molecule has 1 aromatic heterocycles. The van der Waals surface area contributed by atoms with Gasteiger partial charge in [0.05, 0.1) is 13.2 Å². The van der Waals surface area contributed by atoms with Gasteiger partial charge in [-0.1, -0.05) is 0 Å². The van der Waals surface area contributed by atoms with Crippen molar-refractivity contribution >= 4 is 17.7 Å². The van der Waals surface area contributed by atoms with E-state index in [9.17, 15) is 9.18 Å². The summed E-state index contributed by atoms with van der Waals surface area (Å²) in [5.74, 6) is 0.794. The summed E-state index contributed by atoms with van der Waals surface area (Å²) in [4.78, 5) is 23.1. The zero-order valence-electron chi connectivity index (χ0n) is 14.7. The number of rotatable bonds is 6. The fourth-order valence-corrected chi connectivity index (χ4v) is 2.64. The molecule has 1 aromatic carbocycles. The number of carbonyl (C=O) groups is 1. The molecule has 0 unspecified atom stereocenters. The van der Waals surface area contributed by atoms with Crippen LogP contribution in [0.5, 0.6) is 0 Å². The summed E-state index contributed by atoms with van der Waals surface area (Å²) in [7, 11) is 0. The standard InChI is InChI=1S/C18H22FN5O2/c1-13-12-16(24-8-10-26-11-9-24)23-18(22-13)21-7-6-20-17(25)14-2-4-15(19)5-3-14/h2-5,12H,6-11H2,1H3,(H,20,25)(H,21,22,23). The van der Waals surface area contributed by atoms with E-state index in [1.807, 2.05) is 13.0 Å². The van der Waals surface area contributed by atoms with Gasteiger partial charge in [0.2, 0.25) is 5.95 Å². The van der Waals surface area contributed by atoms with Crippen LogP contribution in [-0.2, 0) is 4.74 Å². The van der Waals surface area contributed by atoms with E-state index in [2.05, 4.69) is 25.5 Å². The van der Waals surface area contributed by atoms with E-state index in [1.165, 1.54) is 24.3 Å². The van der Waals surface area contributed by atoms with Crippen molar-refractivity contribution in [3.8, 4) is 0 Å². The third-order valence-electron chi connectivity index (χ3n) is 3.98. The molecule has 7 nitrogen and oxygen atoms in total. The van der Waals surface area contributed by atoms with Gasteiger partial charge in [-0.15, -0.1) is 0 Å². The number of aromatic nitrogens is 2. The van der Waals surface area contributed by atoms with E-state index in [0.29, 0.717) is 37.8 Å². The number of anilines is 2. The van der Waals surface area contributed by atoms with Crippen LogP contribution >= 0.6 is 0 Å². The maximum atomic E-state index is 12.9. The summed E-state index contributed by atoms with van der Waals surface area (Å²) in [5.41, 5.74) is 1.30. The number of halogens is 1.